The highest BCUT2D eigenvalue weighted by molar-refractivity contribution is 5.39. The van der Waals surface area contributed by atoms with Crippen LogP contribution in [-0.2, 0) is 10.8 Å². The third-order valence-corrected chi connectivity index (χ3v) is 2.27. The molecule has 3 nitrogen and oxygen atoms in total. The van der Waals surface area contributed by atoms with Crippen LogP contribution in [0.1, 0.15) is 53.1 Å². The summed E-state index contributed by atoms with van der Waals surface area (Å²) in [5, 5.41) is 0. The van der Waals surface area contributed by atoms with Crippen LogP contribution in [-0.4, -0.2) is 9.97 Å². The van der Waals surface area contributed by atoms with E-state index in [0.29, 0.717) is 5.82 Å². The van der Waals surface area contributed by atoms with E-state index in [2.05, 4.69) is 56.4 Å². The molecule has 0 radical (unpaired) electrons. The zero-order chi connectivity index (χ0) is 12.6. The molecule has 1 heterocycles. The summed E-state index contributed by atoms with van der Waals surface area (Å²) in [4.78, 5) is 12.3. The van der Waals surface area contributed by atoms with Crippen molar-refractivity contribution in [1.82, 2.24) is 9.97 Å². The standard InChI is InChI=1S/C13H19N3/c1-12(2,3)9-8-10(14-7)16-11(15-9)13(4,5)6/h8H,1-6H3. The van der Waals surface area contributed by atoms with Crippen LogP contribution >= 0.6 is 0 Å². The van der Waals surface area contributed by atoms with Crippen LogP contribution in [0.15, 0.2) is 6.07 Å². The molecule has 0 N–H and O–H groups in total. The lowest BCUT2D eigenvalue weighted by Gasteiger charge is -2.21. The summed E-state index contributed by atoms with van der Waals surface area (Å²) in [6.45, 7) is 19.5. The van der Waals surface area contributed by atoms with E-state index in [1.54, 1.807) is 6.07 Å². The van der Waals surface area contributed by atoms with Crippen molar-refractivity contribution >= 4 is 5.82 Å². The minimum Gasteiger partial charge on any atom is -0.361 e. The Labute approximate surface area is 97.8 Å². The Bertz CT molecular complexity index is 396. The Morgan fingerprint density at radius 1 is 1.00 bits per heavy atom. The summed E-state index contributed by atoms with van der Waals surface area (Å²) in [5.74, 6) is 1.18. The lowest BCUT2D eigenvalue weighted by molar-refractivity contribution is 0.515. The molecule has 0 fully saturated rings. The minimum absolute atomic E-state index is 0.0532. The first kappa shape index (κ1) is 12.6. The van der Waals surface area contributed by atoms with Gasteiger partial charge in [-0.3, -0.25) is 0 Å². The third kappa shape index (κ3) is 2.79. The van der Waals surface area contributed by atoms with Gasteiger partial charge >= 0.3 is 0 Å². The third-order valence-electron chi connectivity index (χ3n) is 2.27. The molecule has 0 bridgehead atoms. The zero-order valence-electron chi connectivity index (χ0n) is 10.9. The average molecular weight is 217 g/mol. The molecule has 0 aromatic carbocycles. The van der Waals surface area contributed by atoms with Gasteiger partial charge in [0.2, 0.25) is 5.82 Å². The maximum Gasteiger partial charge on any atom is 0.273 e. The first-order valence-corrected chi connectivity index (χ1v) is 5.42. The van der Waals surface area contributed by atoms with Crippen LogP contribution in [0.3, 0.4) is 0 Å². The topological polar surface area (TPSA) is 30.1 Å². The van der Waals surface area contributed by atoms with Crippen LogP contribution in [0.25, 0.3) is 4.85 Å². The quantitative estimate of drug-likeness (QED) is 0.621. The number of hydrogen-bond acceptors (Lipinski definition) is 2. The van der Waals surface area contributed by atoms with Gasteiger partial charge in [0.15, 0.2) is 0 Å². The van der Waals surface area contributed by atoms with Crippen molar-refractivity contribution in [2.45, 2.75) is 52.4 Å². The van der Waals surface area contributed by atoms with Gasteiger partial charge in [0.1, 0.15) is 0 Å². The first-order valence-electron chi connectivity index (χ1n) is 5.42. The fraction of sp³-hybridized carbons (Fsp3) is 0.615. The second-order valence-corrected chi connectivity index (χ2v) is 6.05. The molecule has 86 valence electrons. The van der Waals surface area contributed by atoms with Crippen LogP contribution in [0.4, 0.5) is 5.82 Å². The van der Waals surface area contributed by atoms with Crippen molar-refractivity contribution in [3.8, 4) is 0 Å². The summed E-state index contributed by atoms with van der Waals surface area (Å²) in [6, 6.07) is 1.78. The van der Waals surface area contributed by atoms with Crippen molar-refractivity contribution in [3.63, 3.8) is 0 Å². The minimum atomic E-state index is -0.124. The molecule has 0 aliphatic rings. The van der Waals surface area contributed by atoms with Crippen LogP contribution in [0, 0.1) is 6.57 Å². The highest BCUT2D eigenvalue weighted by atomic mass is 15.0. The van der Waals surface area contributed by atoms with Crippen LogP contribution < -0.4 is 0 Å². The van der Waals surface area contributed by atoms with Crippen LogP contribution in [0.5, 0.6) is 0 Å². The number of rotatable bonds is 0. The van der Waals surface area contributed by atoms with E-state index in [1.807, 2.05) is 0 Å². The van der Waals surface area contributed by atoms with Gasteiger partial charge in [0.05, 0.1) is 0 Å². The highest BCUT2D eigenvalue weighted by Crippen LogP contribution is 2.27. The molecular weight excluding hydrogens is 198 g/mol. The molecular formula is C13H19N3. The van der Waals surface area contributed by atoms with E-state index in [-0.39, 0.29) is 10.8 Å². The normalized spacial score (nSPS) is 12.3. The first-order chi connectivity index (χ1) is 7.14. The molecule has 1 aromatic rings. The number of hydrogen-bond donors (Lipinski definition) is 0. The molecule has 1 rings (SSSR count). The van der Waals surface area contributed by atoms with Crippen molar-refractivity contribution in [3.05, 3.63) is 29.0 Å². The summed E-state index contributed by atoms with van der Waals surface area (Å²) in [7, 11) is 0. The van der Waals surface area contributed by atoms with E-state index in [0.717, 1.165) is 11.5 Å². The lowest BCUT2D eigenvalue weighted by atomic mass is 9.90. The zero-order valence-corrected chi connectivity index (χ0v) is 10.9. The predicted octanol–water partition coefficient (Wildman–Crippen LogP) is 3.62. The molecule has 0 unspecified atom stereocenters. The molecule has 0 saturated heterocycles. The average Bonchev–Trinajstić information content (AvgIpc) is 2.14. The van der Waals surface area contributed by atoms with Gasteiger partial charge in [-0.05, 0) is 6.07 Å². The van der Waals surface area contributed by atoms with Crippen molar-refractivity contribution in [1.29, 1.82) is 0 Å². The van der Waals surface area contributed by atoms with E-state index in [9.17, 15) is 0 Å². The maximum atomic E-state index is 7.08. The SMILES string of the molecule is [C-]#[N+]c1cc(C(C)(C)C)nc(C(C)(C)C)n1. The van der Waals surface area contributed by atoms with E-state index < -0.39 is 0 Å². The molecule has 0 atom stereocenters. The lowest BCUT2D eigenvalue weighted by Crippen LogP contribution is -2.21. The van der Waals surface area contributed by atoms with Gasteiger partial charge in [-0.25, -0.2) is 4.98 Å². The smallest absolute Gasteiger partial charge is 0.273 e. The van der Waals surface area contributed by atoms with Gasteiger partial charge in [-0.15, -0.1) is 4.98 Å². The van der Waals surface area contributed by atoms with Gasteiger partial charge < -0.3 is 4.85 Å². The second kappa shape index (κ2) is 3.86. The molecule has 0 aliphatic heterocycles. The van der Waals surface area contributed by atoms with Crippen molar-refractivity contribution < 1.29 is 0 Å². The summed E-state index contributed by atoms with van der Waals surface area (Å²) in [5.41, 5.74) is 0.752. The molecule has 16 heavy (non-hydrogen) atoms. The van der Waals surface area contributed by atoms with Gasteiger partial charge in [0, 0.05) is 16.5 Å². The fourth-order valence-electron chi connectivity index (χ4n) is 1.21. The largest absolute Gasteiger partial charge is 0.361 e. The molecule has 3 heteroatoms. The van der Waals surface area contributed by atoms with Crippen molar-refractivity contribution in [2.24, 2.45) is 0 Å². The Kier molecular flexibility index (Phi) is 3.05. The second-order valence-electron chi connectivity index (χ2n) is 6.05. The van der Waals surface area contributed by atoms with E-state index >= 15 is 0 Å². The van der Waals surface area contributed by atoms with Gasteiger partial charge in [0.25, 0.3) is 5.82 Å². The molecule has 0 saturated carbocycles. The molecule has 0 aliphatic carbocycles. The van der Waals surface area contributed by atoms with Gasteiger partial charge in [-0.2, -0.15) is 0 Å². The molecule has 0 spiro atoms. The summed E-state index contributed by atoms with van der Waals surface area (Å²) < 4.78 is 0. The Hall–Kier alpha value is -1.43. The maximum absolute atomic E-state index is 7.08. The predicted molar refractivity (Wildman–Crippen MR) is 65.7 cm³/mol. The fourth-order valence-corrected chi connectivity index (χ4v) is 1.21. The Balaban J connectivity index is 3.41. The van der Waals surface area contributed by atoms with E-state index in [4.69, 9.17) is 6.57 Å². The van der Waals surface area contributed by atoms with Crippen molar-refractivity contribution in [2.75, 3.05) is 0 Å². The summed E-state index contributed by atoms with van der Waals surface area (Å²) in [6.07, 6.45) is 0. The van der Waals surface area contributed by atoms with E-state index in [1.165, 1.54) is 0 Å². The monoisotopic (exact) mass is 217 g/mol. The number of aromatic nitrogens is 2. The summed E-state index contributed by atoms with van der Waals surface area (Å²) >= 11 is 0. The number of nitrogens with zero attached hydrogens (tertiary/aromatic N) is 3. The van der Waals surface area contributed by atoms with Crippen LogP contribution in [0.2, 0.25) is 0 Å². The van der Waals surface area contributed by atoms with Gasteiger partial charge in [-0.1, -0.05) is 48.1 Å². The highest BCUT2D eigenvalue weighted by Gasteiger charge is 2.25. The molecule has 1 aromatic heterocycles. The Morgan fingerprint density at radius 3 is 1.94 bits per heavy atom. The molecule has 0 amide bonds. The Morgan fingerprint density at radius 2 is 1.56 bits per heavy atom.